The number of benzene rings is 2. The summed E-state index contributed by atoms with van der Waals surface area (Å²) < 4.78 is 1.07. The maximum atomic E-state index is 8.98. The van der Waals surface area contributed by atoms with Gasteiger partial charge in [0.1, 0.15) is 5.82 Å². The van der Waals surface area contributed by atoms with Crippen LogP contribution < -0.4 is 10.6 Å². The molecule has 0 aliphatic heterocycles. The normalized spacial score (nSPS) is 10.6. The number of halogens is 1. The Bertz CT molecular complexity index is 871. The summed E-state index contributed by atoms with van der Waals surface area (Å²) in [7, 11) is 0. The topological polar surface area (TPSA) is 70.1 Å². The number of aliphatic hydroxyl groups excluding tert-OH is 1. The number of anilines is 3. The molecule has 0 saturated heterocycles. The molecule has 6 heteroatoms. The third-order valence-electron chi connectivity index (χ3n) is 3.84. The van der Waals surface area contributed by atoms with Crippen molar-refractivity contribution in [3.8, 4) is 11.3 Å². The Morgan fingerprint density at radius 3 is 2.58 bits per heavy atom. The number of rotatable bonds is 7. The second-order valence-corrected chi connectivity index (χ2v) is 6.78. The quantitative estimate of drug-likeness (QED) is 0.488. The monoisotopic (exact) mass is 412 g/mol. The molecule has 26 heavy (non-hydrogen) atoms. The third-order valence-corrected chi connectivity index (χ3v) is 4.73. The number of nitrogens with zero attached hydrogens (tertiary/aromatic N) is 2. The molecule has 3 rings (SSSR count). The van der Waals surface area contributed by atoms with Crippen LogP contribution in [0.25, 0.3) is 11.3 Å². The molecule has 1 aromatic heterocycles. The number of nitrogens with one attached hydrogen (secondary N) is 2. The summed E-state index contributed by atoms with van der Waals surface area (Å²) in [6.07, 6.45) is 0.646. The number of hydrogen-bond donors (Lipinski definition) is 3. The maximum absolute atomic E-state index is 8.98. The van der Waals surface area contributed by atoms with E-state index in [9.17, 15) is 0 Å². The van der Waals surface area contributed by atoms with Gasteiger partial charge in [-0.25, -0.2) is 4.98 Å². The Morgan fingerprint density at radius 2 is 1.85 bits per heavy atom. The molecule has 0 unspecified atom stereocenters. The van der Waals surface area contributed by atoms with Crippen LogP contribution in [0.15, 0.2) is 59.1 Å². The van der Waals surface area contributed by atoms with Crippen LogP contribution in [0.5, 0.6) is 0 Å². The van der Waals surface area contributed by atoms with Crippen LogP contribution in [0.1, 0.15) is 12.0 Å². The molecule has 0 amide bonds. The van der Waals surface area contributed by atoms with Gasteiger partial charge in [0.05, 0.1) is 5.69 Å². The lowest BCUT2D eigenvalue weighted by Gasteiger charge is -2.12. The first-order chi connectivity index (χ1) is 12.7. The van der Waals surface area contributed by atoms with Crippen LogP contribution in [0.4, 0.5) is 17.5 Å². The fourth-order valence-electron chi connectivity index (χ4n) is 2.50. The summed E-state index contributed by atoms with van der Waals surface area (Å²) in [5.41, 5.74) is 3.97. The van der Waals surface area contributed by atoms with E-state index >= 15 is 0 Å². The molecular weight excluding hydrogens is 392 g/mol. The minimum atomic E-state index is 0.134. The van der Waals surface area contributed by atoms with Gasteiger partial charge in [0.15, 0.2) is 0 Å². The van der Waals surface area contributed by atoms with Gasteiger partial charge in [-0.3, -0.25) is 0 Å². The first-order valence-electron chi connectivity index (χ1n) is 8.48. The van der Waals surface area contributed by atoms with Crippen molar-refractivity contribution in [3.63, 3.8) is 0 Å². The highest BCUT2D eigenvalue weighted by atomic mass is 79.9. The van der Waals surface area contributed by atoms with E-state index in [1.807, 2.05) is 55.5 Å². The van der Waals surface area contributed by atoms with Gasteiger partial charge in [0.25, 0.3) is 0 Å². The Balaban J connectivity index is 1.91. The molecule has 1 heterocycles. The van der Waals surface area contributed by atoms with Crippen LogP contribution in [-0.4, -0.2) is 28.2 Å². The standard InChI is InChI=1S/C20H21BrN4O/c1-14-12-16(8-9-17(14)21)23-19-13-18(15-6-3-2-4-7-15)24-20(25-19)22-10-5-11-26/h2-4,6-9,12-13,26H,5,10-11H2,1H3,(H2,22,23,24,25). The average Bonchev–Trinajstić information content (AvgIpc) is 2.66. The van der Waals surface area contributed by atoms with Gasteiger partial charge in [-0.1, -0.05) is 46.3 Å². The van der Waals surface area contributed by atoms with E-state index in [-0.39, 0.29) is 6.61 Å². The first-order valence-corrected chi connectivity index (χ1v) is 9.27. The zero-order valence-electron chi connectivity index (χ0n) is 14.5. The fourth-order valence-corrected chi connectivity index (χ4v) is 2.74. The lowest BCUT2D eigenvalue weighted by Crippen LogP contribution is -2.08. The molecule has 0 radical (unpaired) electrons. The summed E-state index contributed by atoms with van der Waals surface area (Å²) in [6.45, 7) is 2.80. The van der Waals surface area contributed by atoms with Crippen LogP contribution in [0.2, 0.25) is 0 Å². The molecule has 134 valence electrons. The molecule has 3 aromatic rings. The first kappa shape index (κ1) is 18.4. The van der Waals surface area contributed by atoms with Crippen LogP contribution in [0.3, 0.4) is 0 Å². The maximum Gasteiger partial charge on any atom is 0.225 e. The molecule has 0 aliphatic rings. The van der Waals surface area contributed by atoms with Crippen molar-refractivity contribution >= 4 is 33.4 Å². The lowest BCUT2D eigenvalue weighted by molar-refractivity contribution is 0.292. The van der Waals surface area contributed by atoms with Gasteiger partial charge >= 0.3 is 0 Å². The average molecular weight is 413 g/mol. The van der Waals surface area contributed by atoms with Crippen LogP contribution in [-0.2, 0) is 0 Å². The molecule has 3 N–H and O–H groups in total. The van der Waals surface area contributed by atoms with Gasteiger partial charge in [0, 0.05) is 34.9 Å². The highest BCUT2D eigenvalue weighted by Crippen LogP contribution is 2.25. The molecule has 0 atom stereocenters. The number of aryl methyl sites for hydroxylation is 1. The van der Waals surface area contributed by atoms with Gasteiger partial charge in [-0.2, -0.15) is 4.98 Å². The highest BCUT2D eigenvalue weighted by Gasteiger charge is 2.08. The zero-order chi connectivity index (χ0) is 18.4. The molecule has 0 saturated carbocycles. The van der Waals surface area contributed by atoms with E-state index < -0.39 is 0 Å². The lowest BCUT2D eigenvalue weighted by atomic mass is 10.1. The van der Waals surface area contributed by atoms with E-state index in [4.69, 9.17) is 5.11 Å². The highest BCUT2D eigenvalue weighted by molar-refractivity contribution is 9.10. The fraction of sp³-hybridized carbons (Fsp3) is 0.200. The summed E-state index contributed by atoms with van der Waals surface area (Å²) in [5.74, 6) is 1.25. The van der Waals surface area contributed by atoms with Crippen LogP contribution in [0, 0.1) is 6.92 Å². The van der Waals surface area contributed by atoms with Crippen molar-refractivity contribution in [2.45, 2.75) is 13.3 Å². The van der Waals surface area contributed by atoms with E-state index in [1.54, 1.807) is 0 Å². The third kappa shape index (κ3) is 4.80. The predicted molar refractivity (Wildman–Crippen MR) is 110 cm³/mol. The number of aliphatic hydroxyl groups is 1. The van der Waals surface area contributed by atoms with E-state index in [1.165, 1.54) is 0 Å². The van der Waals surface area contributed by atoms with Gasteiger partial charge in [-0.15, -0.1) is 0 Å². The molecule has 2 aromatic carbocycles. The molecule has 0 bridgehead atoms. The number of aromatic nitrogens is 2. The SMILES string of the molecule is Cc1cc(Nc2cc(-c3ccccc3)nc(NCCCO)n2)ccc1Br. The molecule has 0 fully saturated rings. The van der Waals surface area contributed by atoms with Gasteiger partial charge < -0.3 is 15.7 Å². The molecule has 5 nitrogen and oxygen atoms in total. The predicted octanol–water partition coefficient (Wildman–Crippen LogP) is 4.75. The Labute approximate surface area is 161 Å². The van der Waals surface area contributed by atoms with E-state index in [0.717, 1.165) is 27.0 Å². The Hall–Kier alpha value is -2.44. The number of hydrogen-bond acceptors (Lipinski definition) is 5. The molecule has 0 spiro atoms. The van der Waals surface area contributed by atoms with Crippen molar-refractivity contribution in [1.29, 1.82) is 0 Å². The van der Waals surface area contributed by atoms with Crippen molar-refractivity contribution < 1.29 is 5.11 Å². The van der Waals surface area contributed by atoms with Gasteiger partial charge in [0.2, 0.25) is 5.95 Å². The van der Waals surface area contributed by atoms with Crippen LogP contribution >= 0.6 is 15.9 Å². The van der Waals surface area contributed by atoms with Crippen molar-refractivity contribution in [2.75, 3.05) is 23.8 Å². The smallest absolute Gasteiger partial charge is 0.225 e. The summed E-state index contributed by atoms with van der Waals surface area (Å²) in [6, 6.07) is 18.0. The van der Waals surface area contributed by atoms with Crippen molar-refractivity contribution in [2.24, 2.45) is 0 Å². The molecular formula is C20H21BrN4O. The van der Waals surface area contributed by atoms with Gasteiger partial charge in [-0.05, 0) is 37.1 Å². The Morgan fingerprint density at radius 1 is 1.04 bits per heavy atom. The van der Waals surface area contributed by atoms with E-state index in [0.29, 0.717) is 24.7 Å². The Kier molecular flexibility index (Phi) is 6.20. The zero-order valence-corrected chi connectivity index (χ0v) is 16.1. The second-order valence-electron chi connectivity index (χ2n) is 5.92. The molecule has 0 aliphatic carbocycles. The van der Waals surface area contributed by atoms with Crippen molar-refractivity contribution in [1.82, 2.24) is 9.97 Å². The minimum absolute atomic E-state index is 0.134. The summed E-state index contributed by atoms with van der Waals surface area (Å²) in [5, 5.41) is 15.5. The summed E-state index contributed by atoms with van der Waals surface area (Å²) >= 11 is 3.52. The van der Waals surface area contributed by atoms with Crippen molar-refractivity contribution in [3.05, 3.63) is 64.6 Å². The minimum Gasteiger partial charge on any atom is -0.396 e. The summed E-state index contributed by atoms with van der Waals surface area (Å²) in [4.78, 5) is 9.15. The van der Waals surface area contributed by atoms with E-state index in [2.05, 4.69) is 42.6 Å². The largest absolute Gasteiger partial charge is 0.396 e. The second kappa shape index (κ2) is 8.78.